The zero-order valence-electron chi connectivity index (χ0n) is 15.9. The van der Waals surface area contributed by atoms with E-state index < -0.39 is 0 Å². The summed E-state index contributed by atoms with van der Waals surface area (Å²) in [4.78, 5) is 27.1. The zero-order valence-corrected chi connectivity index (χ0v) is 15.9. The molecule has 6 heteroatoms. The number of carbonyl (C=O) groups excluding carboxylic acids is 2. The molecule has 2 atom stereocenters. The molecule has 6 nitrogen and oxygen atoms in total. The van der Waals surface area contributed by atoms with Crippen LogP contribution >= 0.6 is 0 Å². The molecule has 146 valence electrons. The summed E-state index contributed by atoms with van der Waals surface area (Å²) in [5.74, 6) is -0.0621. The number of hydrogen-bond acceptors (Lipinski definition) is 4. The number of likely N-dealkylation sites (tertiary alicyclic amines) is 1. The Kier molecular flexibility index (Phi) is 7.01. The normalized spacial score (nSPS) is 24.2. The first-order valence-corrected chi connectivity index (χ1v) is 9.82. The fourth-order valence-electron chi connectivity index (χ4n) is 3.92. The lowest BCUT2D eigenvalue weighted by atomic mass is 10.1. The first-order valence-electron chi connectivity index (χ1n) is 9.82. The summed E-state index contributed by atoms with van der Waals surface area (Å²) in [7, 11) is 0. The summed E-state index contributed by atoms with van der Waals surface area (Å²) in [6.07, 6.45) is 5.89. The second kappa shape index (κ2) is 9.67. The van der Waals surface area contributed by atoms with Gasteiger partial charge in [-0.25, -0.2) is 0 Å². The largest absolute Gasteiger partial charge is 0.381 e. The molecule has 2 heterocycles. The van der Waals surface area contributed by atoms with Crippen molar-refractivity contribution in [2.45, 2.75) is 44.3 Å². The molecule has 0 spiro atoms. The van der Waals surface area contributed by atoms with E-state index in [2.05, 4.69) is 15.5 Å². The number of benzene rings is 1. The summed E-state index contributed by atoms with van der Waals surface area (Å²) >= 11 is 0. The number of hydrogen-bond donors (Lipinski definition) is 2. The predicted molar refractivity (Wildman–Crippen MR) is 105 cm³/mol. The molecule has 1 aromatic carbocycles. The van der Waals surface area contributed by atoms with Gasteiger partial charge in [-0.05, 0) is 37.8 Å². The van der Waals surface area contributed by atoms with Crippen LogP contribution in [-0.2, 0) is 14.3 Å². The topological polar surface area (TPSA) is 70.7 Å². The van der Waals surface area contributed by atoms with Crippen LogP contribution < -0.4 is 10.6 Å². The van der Waals surface area contributed by atoms with Crippen molar-refractivity contribution in [2.24, 2.45) is 0 Å². The summed E-state index contributed by atoms with van der Waals surface area (Å²) in [5, 5.41) is 6.01. The van der Waals surface area contributed by atoms with Gasteiger partial charge in [-0.1, -0.05) is 30.3 Å². The molecule has 2 saturated heterocycles. The van der Waals surface area contributed by atoms with Crippen LogP contribution in [-0.4, -0.2) is 61.1 Å². The maximum Gasteiger partial charge on any atom is 0.244 e. The molecule has 2 fully saturated rings. The Labute approximate surface area is 161 Å². The van der Waals surface area contributed by atoms with Crippen LogP contribution in [0.2, 0.25) is 0 Å². The summed E-state index contributed by atoms with van der Waals surface area (Å²) in [6, 6.07) is 9.88. The van der Waals surface area contributed by atoms with E-state index in [4.69, 9.17) is 4.74 Å². The maximum absolute atomic E-state index is 12.5. The summed E-state index contributed by atoms with van der Waals surface area (Å²) in [5.41, 5.74) is 0.989. The van der Waals surface area contributed by atoms with Gasteiger partial charge in [-0.3, -0.25) is 14.5 Å². The van der Waals surface area contributed by atoms with E-state index in [1.807, 2.05) is 43.3 Å². The van der Waals surface area contributed by atoms with Gasteiger partial charge >= 0.3 is 0 Å². The molecule has 0 saturated carbocycles. The number of nitrogens with zero attached hydrogens (tertiary/aromatic N) is 1. The third-order valence-corrected chi connectivity index (χ3v) is 5.23. The standard InChI is InChI=1S/C21H29N3O3/c1-2-22-21(26)19-14-17(15-24(19)18-10-12-27-13-11-18)23-20(25)9-8-16-6-4-3-5-7-16/h3-9,17-19H,2,10-15H2,1H3,(H,22,26)(H,23,25). The number of likely N-dealkylation sites (N-methyl/N-ethyl adjacent to an activating group) is 1. The third-order valence-electron chi connectivity index (χ3n) is 5.23. The van der Waals surface area contributed by atoms with E-state index in [-0.39, 0.29) is 23.9 Å². The Hall–Kier alpha value is -2.18. The minimum atomic E-state index is -0.184. The highest BCUT2D eigenvalue weighted by molar-refractivity contribution is 5.92. The monoisotopic (exact) mass is 371 g/mol. The SMILES string of the molecule is CCNC(=O)C1CC(NC(=O)C=Cc2ccccc2)CN1C1CCOCC1. The van der Waals surface area contributed by atoms with Crippen molar-refractivity contribution in [1.29, 1.82) is 0 Å². The third kappa shape index (κ3) is 5.40. The molecule has 2 aliphatic rings. The molecule has 2 N–H and O–H groups in total. The van der Waals surface area contributed by atoms with Gasteiger partial charge in [-0.15, -0.1) is 0 Å². The molecular formula is C21H29N3O3. The van der Waals surface area contributed by atoms with Crippen LogP contribution in [0.3, 0.4) is 0 Å². The Balaban J connectivity index is 1.61. The van der Waals surface area contributed by atoms with Gasteiger partial charge in [-0.2, -0.15) is 0 Å². The maximum atomic E-state index is 12.5. The number of amides is 2. The molecule has 0 bridgehead atoms. The van der Waals surface area contributed by atoms with Gasteiger partial charge in [0.05, 0.1) is 6.04 Å². The van der Waals surface area contributed by atoms with Crippen molar-refractivity contribution in [1.82, 2.24) is 15.5 Å². The van der Waals surface area contributed by atoms with Gasteiger partial charge < -0.3 is 15.4 Å². The van der Waals surface area contributed by atoms with Gasteiger partial charge in [0.15, 0.2) is 0 Å². The first kappa shape index (κ1) is 19.6. The number of rotatable bonds is 6. The highest BCUT2D eigenvalue weighted by atomic mass is 16.5. The minimum Gasteiger partial charge on any atom is -0.381 e. The van der Waals surface area contributed by atoms with E-state index in [0.29, 0.717) is 25.6 Å². The van der Waals surface area contributed by atoms with Crippen LogP contribution in [0.25, 0.3) is 6.08 Å². The van der Waals surface area contributed by atoms with Crippen molar-refractivity contribution in [3.63, 3.8) is 0 Å². The smallest absolute Gasteiger partial charge is 0.244 e. The molecule has 0 aliphatic carbocycles. The van der Waals surface area contributed by atoms with Crippen LogP contribution in [0.5, 0.6) is 0 Å². The zero-order chi connectivity index (χ0) is 19.1. The lowest BCUT2D eigenvalue weighted by molar-refractivity contribution is -0.126. The minimum absolute atomic E-state index is 0.0200. The Bertz CT molecular complexity index is 656. The van der Waals surface area contributed by atoms with Crippen molar-refractivity contribution in [2.75, 3.05) is 26.3 Å². The number of nitrogens with one attached hydrogen (secondary N) is 2. The van der Waals surface area contributed by atoms with Crippen LogP contribution in [0.15, 0.2) is 36.4 Å². The number of ether oxygens (including phenoxy) is 1. The van der Waals surface area contributed by atoms with Crippen molar-refractivity contribution in [3.05, 3.63) is 42.0 Å². The van der Waals surface area contributed by atoms with Crippen molar-refractivity contribution < 1.29 is 14.3 Å². The van der Waals surface area contributed by atoms with Crippen molar-refractivity contribution in [3.8, 4) is 0 Å². The van der Waals surface area contributed by atoms with Crippen LogP contribution in [0, 0.1) is 0 Å². The van der Waals surface area contributed by atoms with Crippen LogP contribution in [0.1, 0.15) is 31.7 Å². The predicted octanol–water partition coefficient (Wildman–Crippen LogP) is 1.57. The summed E-state index contributed by atoms with van der Waals surface area (Å²) < 4.78 is 5.46. The van der Waals surface area contributed by atoms with Gasteiger partial charge in [0.1, 0.15) is 0 Å². The van der Waals surface area contributed by atoms with Gasteiger partial charge in [0.25, 0.3) is 0 Å². The molecule has 0 radical (unpaired) electrons. The Morgan fingerprint density at radius 3 is 2.67 bits per heavy atom. The molecule has 1 aromatic rings. The fraction of sp³-hybridized carbons (Fsp3) is 0.524. The highest BCUT2D eigenvalue weighted by Crippen LogP contribution is 2.26. The fourth-order valence-corrected chi connectivity index (χ4v) is 3.92. The van der Waals surface area contributed by atoms with Crippen LogP contribution in [0.4, 0.5) is 0 Å². The lowest BCUT2D eigenvalue weighted by Gasteiger charge is -2.34. The molecule has 27 heavy (non-hydrogen) atoms. The van der Waals surface area contributed by atoms with Gasteiger partial charge in [0.2, 0.25) is 11.8 Å². The van der Waals surface area contributed by atoms with Crippen molar-refractivity contribution >= 4 is 17.9 Å². The Morgan fingerprint density at radius 1 is 1.22 bits per heavy atom. The van der Waals surface area contributed by atoms with E-state index in [9.17, 15) is 9.59 Å². The molecule has 3 rings (SSSR count). The molecule has 2 aliphatic heterocycles. The molecule has 0 aromatic heterocycles. The molecule has 2 amide bonds. The Morgan fingerprint density at radius 2 is 1.96 bits per heavy atom. The summed E-state index contributed by atoms with van der Waals surface area (Å²) in [6.45, 7) is 4.73. The van der Waals surface area contributed by atoms with E-state index in [1.165, 1.54) is 0 Å². The lowest BCUT2D eigenvalue weighted by Crippen LogP contribution is -2.49. The molecular weight excluding hydrogens is 342 g/mol. The van der Waals surface area contributed by atoms with Gasteiger partial charge in [0, 0.05) is 44.5 Å². The second-order valence-corrected chi connectivity index (χ2v) is 7.14. The average molecular weight is 371 g/mol. The molecule has 2 unspecified atom stereocenters. The van der Waals surface area contributed by atoms with E-state index >= 15 is 0 Å². The average Bonchev–Trinajstić information content (AvgIpc) is 3.12. The second-order valence-electron chi connectivity index (χ2n) is 7.14. The quantitative estimate of drug-likeness (QED) is 0.745. The van der Waals surface area contributed by atoms with E-state index in [1.54, 1.807) is 6.08 Å². The number of carbonyl (C=O) groups is 2. The highest BCUT2D eigenvalue weighted by Gasteiger charge is 2.40. The first-order chi connectivity index (χ1) is 13.2. The van der Waals surface area contributed by atoms with E-state index in [0.717, 1.165) is 31.6 Å².